The van der Waals surface area contributed by atoms with Crippen LogP contribution in [0.1, 0.15) is 36.1 Å². The first-order chi connectivity index (χ1) is 14.0. The first-order valence-corrected chi connectivity index (χ1v) is 9.76. The summed E-state index contributed by atoms with van der Waals surface area (Å²) < 4.78 is 0. The number of amides is 2. The van der Waals surface area contributed by atoms with Gasteiger partial charge in [0.25, 0.3) is 0 Å². The standard InChI is InChI=1S/C25H26N2O2/c1-19-10-9-15-23(16-19)27(18-21-11-5-3-6-12-21)25(29)17-24(26-20(2)28)22-13-7-4-8-14-22/h3-16,24H,17-18H2,1-2H3,(H,26,28)/t24-/m0/s1. The van der Waals surface area contributed by atoms with Crippen molar-refractivity contribution in [2.24, 2.45) is 0 Å². The van der Waals surface area contributed by atoms with Crippen molar-refractivity contribution < 1.29 is 9.59 Å². The van der Waals surface area contributed by atoms with E-state index >= 15 is 0 Å². The zero-order chi connectivity index (χ0) is 20.6. The number of nitrogens with one attached hydrogen (secondary N) is 1. The molecule has 0 aliphatic rings. The van der Waals surface area contributed by atoms with Crippen LogP contribution in [-0.2, 0) is 16.1 Å². The van der Waals surface area contributed by atoms with Crippen LogP contribution in [0.15, 0.2) is 84.9 Å². The van der Waals surface area contributed by atoms with E-state index < -0.39 is 0 Å². The second kappa shape index (κ2) is 9.69. The third-order valence-corrected chi connectivity index (χ3v) is 4.76. The Labute approximate surface area is 172 Å². The zero-order valence-electron chi connectivity index (χ0n) is 16.8. The minimum absolute atomic E-state index is 0.0398. The lowest BCUT2D eigenvalue weighted by atomic mass is 10.0. The number of hydrogen-bond donors (Lipinski definition) is 1. The fraction of sp³-hybridized carbons (Fsp3) is 0.200. The van der Waals surface area contributed by atoms with E-state index in [-0.39, 0.29) is 24.3 Å². The Balaban J connectivity index is 1.89. The van der Waals surface area contributed by atoms with Crippen molar-refractivity contribution in [1.82, 2.24) is 5.32 Å². The first-order valence-electron chi connectivity index (χ1n) is 9.76. The topological polar surface area (TPSA) is 49.4 Å². The van der Waals surface area contributed by atoms with E-state index in [1.807, 2.05) is 91.9 Å². The van der Waals surface area contributed by atoms with Crippen LogP contribution in [0.4, 0.5) is 5.69 Å². The smallest absolute Gasteiger partial charge is 0.229 e. The Bertz CT molecular complexity index is 955. The van der Waals surface area contributed by atoms with Crippen molar-refractivity contribution in [2.75, 3.05) is 4.90 Å². The Morgan fingerprint density at radius 3 is 2.17 bits per heavy atom. The van der Waals surface area contributed by atoms with Gasteiger partial charge in [0.2, 0.25) is 11.8 Å². The normalized spacial score (nSPS) is 11.5. The van der Waals surface area contributed by atoms with Crippen LogP contribution in [-0.4, -0.2) is 11.8 Å². The molecule has 0 unspecified atom stereocenters. The van der Waals surface area contributed by atoms with Gasteiger partial charge in [-0.2, -0.15) is 0 Å². The largest absolute Gasteiger partial charge is 0.349 e. The number of carbonyl (C=O) groups excluding carboxylic acids is 2. The molecule has 0 heterocycles. The number of aryl methyl sites for hydroxylation is 1. The third kappa shape index (κ3) is 5.79. The van der Waals surface area contributed by atoms with Crippen molar-refractivity contribution >= 4 is 17.5 Å². The molecule has 0 saturated carbocycles. The van der Waals surface area contributed by atoms with Crippen LogP contribution < -0.4 is 10.2 Å². The number of benzene rings is 3. The molecule has 0 spiro atoms. The molecule has 1 atom stereocenters. The van der Waals surface area contributed by atoms with Crippen LogP contribution in [0.3, 0.4) is 0 Å². The number of hydrogen-bond acceptors (Lipinski definition) is 2. The average Bonchev–Trinajstić information content (AvgIpc) is 2.72. The molecule has 2 amide bonds. The molecule has 4 heteroatoms. The lowest BCUT2D eigenvalue weighted by Gasteiger charge is -2.26. The van der Waals surface area contributed by atoms with E-state index in [2.05, 4.69) is 5.32 Å². The maximum absolute atomic E-state index is 13.4. The molecule has 0 aliphatic carbocycles. The second-order valence-corrected chi connectivity index (χ2v) is 7.17. The van der Waals surface area contributed by atoms with Gasteiger partial charge < -0.3 is 10.2 Å². The van der Waals surface area contributed by atoms with Crippen LogP contribution in [0.25, 0.3) is 0 Å². The van der Waals surface area contributed by atoms with Crippen LogP contribution in [0.5, 0.6) is 0 Å². The summed E-state index contributed by atoms with van der Waals surface area (Å²) in [6.45, 7) is 3.96. The zero-order valence-corrected chi connectivity index (χ0v) is 16.8. The van der Waals surface area contributed by atoms with Crippen molar-refractivity contribution in [3.63, 3.8) is 0 Å². The molecule has 29 heavy (non-hydrogen) atoms. The Morgan fingerprint density at radius 1 is 0.897 bits per heavy atom. The van der Waals surface area contributed by atoms with Crippen molar-refractivity contribution in [1.29, 1.82) is 0 Å². The highest BCUT2D eigenvalue weighted by atomic mass is 16.2. The highest BCUT2D eigenvalue weighted by molar-refractivity contribution is 5.94. The number of carbonyl (C=O) groups is 2. The monoisotopic (exact) mass is 386 g/mol. The predicted octanol–water partition coefficient (Wildman–Crippen LogP) is 4.80. The summed E-state index contributed by atoms with van der Waals surface area (Å²) in [5.74, 6) is -0.195. The highest BCUT2D eigenvalue weighted by Crippen LogP contribution is 2.24. The molecule has 3 aromatic rings. The molecular weight excluding hydrogens is 360 g/mol. The van der Waals surface area contributed by atoms with Gasteiger partial charge in [-0.3, -0.25) is 9.59 Å². The van der Waals surface area contributed by atoms with Gasteiger partial charge in [-0.25, -0.2) is 0 Å². The predicted molar refractivity (Wildman–Crippen MR) is 116 cm³/mol. The van der Waals surface area contributed by atoms with Crippen molar-refractivity contribution in [3.05, 3.63) is 102 Å². The van der Waals surface area contributed by atoms with Gasteiger partial charge in [-0.1, -0.05) is 72.8 Å². The quantitative estimate of drug-likeness (QED) is 0.634. The maximum Gasteiger partial charge on any atom is 0.229 e. The van der Waals surface area contributed by atoms with Crippen molar-refractivity contribution in [3.8, 4) is 0 Å². The molecule has 3 rings (SSSR count). The van der Waals surface area contributed by atoms with E-state index in [1.54, 1.807) is 4.90 Å². The summed E-state index contributed by atoms with van der Waals surface area (Å²) in [6.07, 6.45) is 0.185. The maximum atomic E-state index is 13.4. The Hall–Kier alpha value is -3.40. The summed E-state index contributed by atoms with van der Waals surface area (Å²) in [6, 6.07) is 27.1. The van der Waals surface area contributed by atoms with Gasteiger partial charge in [0.15, 0.2) is 0 Å². The summed E-state index contributed by atoms with van der Waals surface area (Å²) in [7, 11) is 0. The molecule has 0 saturated heterocycles. The molecule has 148 valence electrons. The second-order valence-electron chi connectivity index (χ2n) is 7.17. The molecule has 0 aliphatic heterocycles. The van der Waals surface area contributed by atoms with Crippen LogP contribution >= 0.6 is 0 Å². The van der Waals surface area contributed by atoms with Crippen LogP contribution in [0.2, 0.25) is 0 Å². The molecule has 3 aromatic carbocycles. The van der Waals surface area contributed by atoms with E-state index in [0.29, 0.717) is 6.54 Å². The minimum Gasteiger partial charge on any atom is -0.349 e. The lowest BCUT2D eigenvalue weighted by Crippen LogP contribution is -2.35. The summed E-state index contributed by atoms with van der Waals surface area (Å²) in [4.78, 5) is 26.9. The van der Waals surface area contributed by atoms with Gasteiger partial charge in [0.1, 0.15) is 0 Å². The van der Waals surface area contributed by atoms with Crippen molar-refractivity contribution in [2.45, 2.75) is 32.9 Å². The number of nitrogens with zero attached hydrogens (tertiary/aromatic N) is 1. The molecule has 0 radical (unpaired) electrons. The average molecular weight is 386 g/mol. The van der Waals surface area contributed by atoms with E-state index in [0.717, 1.165) is 22.4 Å². The van der Waals surface area contributed by atoms with Gasteiger partial charge >= 0.3 is 0 Å². The molecule has 0 fully saturated rings. The fourth-order valence-electron chi connectivity index (χ4n) is 3.35. The van der Waals surface area contributed by atoms with Crippen LogP contribution in [0, 0.1) is 6.92 Å². The Kier molecular flexibility index (Phi) is 6.80. The summed E-state index contributed by atoms with van der Waals surface area (Å²) >= 11 is 0. The molecule has 1 N–H and O–H groups in total. The fourth-order valence-corrected chi connectivity index (χ4v) is 3.35. The number of anilines is 1. The van der Waals surface area contributed by atoms with Gasteiger partial charge in [-0.15, -0.1) is 0 Å². The SMILES string of the molecule is CC(=O)N[C@@H](CC(=O)N(Cc1ccccc1)c1cccc(C)c1)c1ccccc1. The summed E-state index contributed by atoms with van der Waals surface area (Å²) in [5, 5.41) is 2.92. The van der Waals surface area contributed by atoms with E-state index in [9.17, 15) is 9.59 Å². The molecule has 4 nitrogen and oxygen atoms in total. The van der Waals surface area contributed by atoms with Gasteiger partial charge in [0.05, 0.1) is 19.0 Å². The van der Waals surface area contributed by atoms with E-state index in [1.165, 1.54) is 6.92 Å². The molecular formula is C25H26N2O2. The van der Waals surface area contributed by atoms with E-state index in [4.69, 9.17) is 0 Å². The number of rotatable bonds is 7. The molecule has 0 bridgehead atoms. The summed E-state index contributed by atoms with van der Waals surface area (Å²) in [5.41, 5.74) is 3.92. The van der Waals surface area contributed by atoms with Gasteiger partial charge in [0, 0.05) is 12.6 Å². The molecule has 0 aromatic heterocycles. The first kappa shape index (κ1) is 20.3. The minimum atomic E-state index is -0.371. The third-order valence-electron chi connectivity index (χ3n) is 4.76. The highest BCUT2D eigenvalue weighted by Gasteiger charge is 2.23. The van der Waals surface area contributed by atoms with Gasteiger partial charge in [-0.05, 0) is 35.7 Å². The lowest BCUT2D eigenvalue weighted by molar-refractivity contribution is -0.121. The Morgan fingerprint density at radius 2 is 1.55 bits per heavy atom.